The second-order valence-corrected chi connectivity index (χ2v) is 13.0. The normalized spacial score (nSPS) is 33.7. The zero-order valence-electron chi connectivity index (χ0n) is 19.9. The summed E-state index contributed by atoms with van der Waals surface area (Å²) in [6.07, 6.45) is -13.2. The van der Waals surface area contributed by atoms with Crippen LogP contribution in [0, 0.1) is 0 Å². The number of nitrogen functional groups attached to an aromatic ring is 1. The first-order valence-corrected chi connectivity index (χ1v) is 15.5. The third-order valence-electron chi connectivity index (χ3n) is 5.81. The number of hydrogen-bond acceptors (Lipinski definition) is 16. The second kappa shape index (κ2) is 11.4. The highest BCUT2D eigenvalue weighted by Gasteiger charge is 2.48. The highest BCUT2D eigenvalue weighted by atomic mass is 31.3. The molecular formula is C15H23FN5O17P3. The van der Waals surface area contributed by atoms with Crippen molar-refractivity contribution in [3.8, 4) is 0 Å². The number of rotatable bonds is 10. The predicted molar refractivity (Wildman–Crippen MR) is 124 cm³/mol. The van der Waals surface area contributed by atoms with Gasteiger partial charge < -0.3 is 55.2 Å². The maximum atomic E-state index is 14.6. The quantitative estimate of drug-likeness (QED) is 0.113. The average Bonchev–Trinajstić information content (AvgIpc) is 3.46. The van der Waals surface area contributed by atoms with Gasteiger partial charge in [-0.1, -0.05) is 0 Å². The molecule has 4 unspecified atom stereocenters. The molecule has 22 nitrogen and oxygen atoms in total. The summed E-state index contributed by atoms with van der Waals surface area (Å²) in [5.41, 5.74) is 3.98. The van der Waals surface area contributed by atoms with Crippen LogP contribution in [0.5, 0.6) is 0 Å². The minimum Gasteiger partial charge on any atom is -0.394 e. The molecule has 0 saturated carbocycles. The first-order chi connectivity index (χ1) is 18.9. The Morgan fingerprint density at radius 1 is 0.976 bits per heavy atom. The number of nitrogens with zero attached hydrogens (tertiary/aromatic N) is 4. The third kappa shape index (κ3) is 6.60. The molecule has 0 aliphatic carbocycles. The summed E-state index contributed by atoms with van der Waals surface area (Å²) in [6, 6.07) is 0. The third-order valence-corrected chi connectivity index (χ3v) is 9.62. The molecule has 0 bridgehead atoms. The second-order valence-electron chi connectivity index (χ2n) is 8.58. The fraction of sp³-hybridized carbons (Fsp3) is 0.667. The SMILES string of the molecule is Nc1nc2c(ncn2[C@@H]2O[C@H](COP(=O)(O)OP(=O)(O)OP(=O)(O)O)C(O)C2O)c(=O)n1[C@@H]1O[C@H](CO)[C@@H](O)[C@H]1F. The molecule has 26 heteroatoms. The minimum atomic E-state index is -5.81. The van der Waals surface area contributed by atoms with Crippen LogP contribution in [0.25, 0.3) is 11.2 Å². The molecule has 2 aliphatic rings. The number of phosphoric acid groups is 3. The standard InChI is InChI=1S/C15H23FN5O17P3/c16-6-8(23)4(1-22)35-13(6)21-12(26)7-11(19-15(21)17)20(3-18-7)14-10(25)9(24)5(36-14)2-34-40(30,31)38-41(32,33)37-39(27,28)29/h3-6,8-10,13-14,22-25H,1-2H2,(H2,17,19)(H,30,31)(H,32,33)(H2,27,28,29)/t4-,5-,6-,8-,9?,10?,13-,14-/m1/s1. The van der Waals surface area contributed by atoms with E-state index in [0.717, 1.165) is 10.9 Å². The molecule has 2 saturated heterocycles. The van der Waals surface area contributed by atoms with E-state index in [2.05, 4.69) is 23.1 Å². The largest absolute Gasteiger partial charge is 0.490 e. The van der Waals surface area contributed by atoms with Crippen molar-refractivity contribution in [3.05, 3.63) is 16.7 Å². The number of ether oxygens (including phenoxy) is 2. The number of aliphatic hydroxyl groups excluding tert-OH is 4. The van der Waals surface area contributed by atoms with Gasteiger partial charge in [0.2, 0.25) is 5.95 Å². The molecule has 2 aromatic rings. The molecule has 2 aliphatic heterocycles. The number of anilines is 1. The first kappa shape index (κ1) is 32.2. The summed E-state index contributed by atoms with van der Waals surface area (Å²) in [5.74, 6) is -0.639. The molecule has 0 amide bonds. The summed E-state index contributed by atoms with van der Waals surface area (Å²) in [7, 11) is -17.0. The van der Waals surface area contributed by atoms with E-state index in [4.69, 9.17) is 25.0 Å². The van der Waals surface area contributed by atoms with Gasteiger partial charge in [0.25, 0.3) is 5.56 Å². The van der Waals surface area contributed by atoms with E-state index in [9.17, 15) is 53.1 Å². The monoisotopic (exact) mass is 657 g/mol. The molecule has 0 aromatic carbocycles. The molecule has 0 radical (unpaired) electrons. The van der Waals surface area contributed by atoms with Crippen LogP contribution in [0.3, 0.4) is 0 Å². The van der Waals surface area contributed by atoms with Crippen LogP contribution >= 0.6 is 23.5 Å². The van der Waals surface area contributed by atoms with Crippen molar-refractivity contribution in [2.24, 2.45) is 0 Å². The first-order valence-electron chi connectivity index (χ1n) is 11.0. The van der Waals surface area contributed by atoms with E-state index in [1.54, 1.807) is 0 Å². The van der Waals surface area contributed by atoms with Gasteiger partial charge in [0.15, 0.2) is 29.8 Å². The number of nitrogens with two attached hydrogens (primary N) is 1. The molecule has 2 fully saturated rings. The van der Waals surface area contributed by atoms with Gasteiger partial charge in [0, 0.05) is 0 Å². The maximum Gasteiger partial charge on any atom is 0.490 e. The van der Waals surface area contributed by atoms with Crippen molar-refractivity contribution in [2.75, 3.05) is 18.9 Å². The number of halogens is 1. The Kier molecular flexibility index (Phi) is 8.94. The number of imidazole rings is 1. The van der Waals surface area contributed by atoms with Gasteiger partial charge >= 0.3 is 23.5 Å². The summed E-state index contributed by atoms with van der Waals surface area (Å²) in [5, 5.41) is 39.9. The smallest absolute Gasteiger partial charge is 0.394 e. The van der Waals surface area contributed by atoms with Gasteiger partial charge in [0.1, 0.15) is 30.5 Å². The summed E-state index contributed by atoms with van der Waals surface area (Å²) in [4.78, 5) is 56.8. The van der Waals surface area contributed by atoms with Crippen molar-refractivity contribution in [1.29, 1.82) is 0 Å². The van der Waals surface area contributed by atoms with Gasteiger partial charge in [-0.2, -0.15) is 13.6 Å². The van der Waals surface area contributed by atoms with E-state index in [1.807, 2.05) is 0 Å². The van der Waals surface area contributed by atoms with E-state index in [1.165, 1.54) is 0 Å². The van der Waals surface area contributed by atoms with Crippen LogP contribution in [0.1, 0.15) is 12.5 Å². The van der Waals surface area contributed by atoms with Gasteiger partial charge in [-0.25, -0.2) is 27.6 Å². The Labute approximate surface area is 225 Å². The van der Waals surface area contributed by atoms with Crippen molar-refractivity contribution >= 4 is 40.6 Å². The van der Waals surface area contributed by atoms with Crippen molar-refractivity contribution < 1.29 is 80.7 Å². The number of fused-ring (bicyclic) bond motifs is 1. The van der Waals surface area contributed by atoms with Crippen molar-refractivity contribution in [2.45, 2.75) is 49.1 Å². The van der Waals surface area contributed by atoms with Crippen LogP contribution in [0.2, 0.25) is 0 Å². The molecular weight excluding hydrogens is 634 g/mol. The zero-order chi connectivity index (χ0) is 30.7. The van der Waals surface area contributed by atoms with Crippen LogP contribution in [-0.2, 0) is 36.3 Å². The van der Waals surface area contributed by atoms with Crippen molar-refractivity contribution in [1.82, 2.24) is 19.1 Å². The molecule has 0 spiro atoms. The van der Waals surface area contributed by atoms with Gasteiger partial charge in [0.05, 0.1) is 19.5 Å². The summed E-state index contributed by atoms with van der Waals surface area (Å²) < 4.78 is 72.3. The van der Waals surface area contributed by atoms with Crippen LogP contribution in [-0.4, -0.2) is 109 Å². The summed E-state index contributed by atoms with van der Waals surface area (Å²) in [6.45, 7) is -1.88. The minimum absolute atomic E-state index is 0.346. The fourth-order valence-corrected chi connectivity index (χ4v) is 7.09. The Balaban J connectivity index is 1.53. The lowest BCUT2D eigenvalue weighted by molar-refractivity contribution is -0.0505. The fourth-order valence-electron chi connectivity index (χ4n) is 4.06. The number of aromatic nitrogens is 4. The predicted octanol–water partition coefficient (Wildman–Crippen LogP) is -3.27. The van der Waals surface area contributed by atoms with Gasteiger partial charge in [-0.05, 0) is 0 Å². The lowest BCUT2D eigenvalue weighted by atomic mass is 10.1. The number of aliphatic hydroxyl groups is 4. The number of hydrogen-bond donors (Lipinski definition) is 9. The Hall–Kier alpha value is -1.75. The lowest BCUT2D eigenvalue weighted by Gasteiger charge is -2.20. The zero-order valence-corrected chi connectivity index (χ0v) is 22.6. The van der Waals surface area contributed by atoms with Crippen LogP contribution in [0.15, 0.2) is 11.1 Å². The molecule has 232 valence electrons. The molecule has 4 heterocycles. The van der Waals surface area contributed by atoms with E-state index >= 15 is 0 Å². The Morgan fingerprint density at radius 3 is 2.20 bits per heavy atom. The Bertz CT molecular complexity index is 1500. The lowest BCUT2D eigenvalue weighted by Crippen LogP contribution is -2.35. The molecule has 4 rings (SSSR count). The highest BCUT2D eigenvalue weighted by molar-refractivity contribution is 7.66. The van der Waals surface area contributed by atoms with Gasteiger partial charge in [-0.3, -0.25) is 13.9 Å². The molecule has 10 N–H and O–H groups in total. The summed E-state index contributed by atoms with van der Waals surface area (Å²) >= 11 is 0. The Morgan fingerprint density at radius 2 is 1.61 bits per heavy atom. The van der Waals surface area contributed by atoms with E-state index in [0.29, 0.717) is 4.57 Å². The van der Waals surface area contributed by atoms with Crippen molar-refractivity contribution in [3.63, 3.8) is 0 Å². The maximum absolute atomic E-state index is 14.6. The highest BCUT2D eigenvalue weighted by Crippen LogP contribution is 2.66. The average molecular weight is 657 g/mol. The van der Waals surface area contributed by atoms with Crippen LogP contribution < -0.4 is 11.3 Å². The van der Waals surface area contributed by atoms with E-state index in [-0.39, 0.29) is 5.65 Å². The molecule has 2 aromatic heterocycles. The number of phosphoric ester groups is 1. The van der Waals surface area contributed by atoms with Gasteiger partial charge in [-0.15, -0.1) is 0 Å². The number of alkyl halides is 1. The molecule has 41 heavy (non-hydrogen) atoms. The van der Waals surface area contributed by atoms with Crippen LogP contribution in [0.4, 0.5) is 10.3 Å². The van der Waals surface area contributed by atoms with E-state index < -0.39 is 103 Å². The topological polar surface area (TPSA) is 338 Å². The molecule has 10 atom stereocenters.